The minimum Gasteiger partial charge on any atom is -0.276 e. The van der Waals surface area contributed by atoms with Crippen molar-refractivity contribution >= 4 is 28.4 Å². The average Bonchev–Trinajstić information content (AvgIpc) is 2.98. The van der Waals surface area contributed by atoms with E-state index in [9.17, 15) is 4.79 Å². The summed E-state index contributed by atoms with van der Waals surface area (Å²) in [5.41, 5.74) is 2.85. The van der Waals surface area contributed by atoms with Crippen LogP contribution in [0, 0.1) is 0 Å². The minimum atomic E-state index is -0.489. The molecule has 0 aliphatic rings. The number of halogens is 2. The molecular weight excluding hydrogens is 309 g/mol. The van der Waals surface area contributed by atoms with E-state index in [0.29, 0.717) is 10.6 Å². The van der Waals surface area contributed by atoms with Gasteiger partial charge in [0.1, 0.15) is 5.69 Å². The Labute approximate surface area is 130 Å². The highest BCUT2D eigenvalue weighted by Gasteiger charge is 2.07. The number of aromatic nitrogens is 3. The minimum absolute atomic E-state index is 0.436. The topological polar surface area (TPSA) is 47.8 Å². The molecule has 4 nitrogen and oxygen atoms in total. The number of carbonyl (C=O) groups is 1. The van der Waals surface area contributed by atoms with E-state index in [0.717, 1.165) is 16.9 Å². The van der Waals surface area contributed by atoms with Gasteiger partial charge in [-0.3, -0.25) is 4.79 Å². The SMILES string of the molecule is O=C(Cl)c1ccc(-n2ncc(-c3ccc(Cl)cc3)n2)cc1. The average molecular weight is 318 g/mol. The zero-order valence-electron chi connectivity index (χ0n) is 10.7. The summed E-state index contributed by atoms with van der Waals surface area (Å²) < 4.78 is 0. The van der Waals surface area contributed by atoms with Gasteiger partial charge in [0.25, 0.3) is 5.24 Å². The smallest absolute Gasteiger partial charge is 0.252 e. The second-order valence-corrected chi connectivity index (χ2v) is 5.13. The fourth-order valence-corrected chi connectivity index (χ4v) is 2.12. The van der Waals surface area contributed by atoms with Gasteiger partial charge in [0.15, 0.2) is 0 Å². The third-order valence-corrected chi connectivity index (χ3v) is 3.43. The first-order chi connectivity index (χ1) is 10.1. The molecule has 0 unspecified atom stereocenters. The molecule has 0 aliphatic heterocycles. The Morgan fingerprint density at radius 2 is 1.67 bits per heavy atom. The lowest BCUT2D eigenvalue weighted by Crippen LogP contribution is -1.99. The van der Waals surface area contributed by atoms with E-state index >= 15 is 0 Å². The summed E-state index contributed by atoms with van der Waals surface area (Å²) in [6.45, 7) is 0. The molecule has 1 heterocycles. The van der Waals surface area contributed by atoms with Gasteiger partial charge in [0.2, 0.25) is 0 Å². The molecule has 0 N–H and O–H groups in total. The maximum atomic E-state index is 11.0. The van der Waals surface area contributed by atoms with E-state index in [1.165, 1.54) is 4.80 Å². The summed E-state index contributed by atoms with van der Waals surface area (Å²) in [4.78, 5) is 12.5. The zero-order chi connectivity index (χ0) is 14.8. The molecule has 0 aliphatic carbocycles. The van der Waals surface area contributed by atoms with Crippen molar-refractivity contribution in [2.45, 2.75) is 0 Å². The van der Waals surface area contributed by atoms with Crippen molar-refractivity contribution in [2.24, 2.45) is 0 Å². The third kappa shape index (κ3) is 2.96. The van der Waals surface area contributed by atoms with Crippen LogP contribution in [-0.2, 0) is 0 Å². The van der Waals surface area contributed by atoms with Gasteiger partial charge in [0.05, 0.1) is 11.9 Å². The van der Waals surface area contributed by atoms with Crippen molar-refractivity contribution < 1.29 is 4.79 Å². The maximum absolute atomic E-state index is 11.0. The second kappa shape index (κ2) is 5.68. The summed E-state index contributed by atoms with van der Waals surface area (Å²) >= 11 is 11.3. The second-order valence-electron chi connectivity index (χ2n) is 4.35. The molecule has 0 saturated heterocycles. The first-order valence-electron chi connectivity index (χ1n) is 6.12. The van der Waals surface area contributed by atoms with Crippen molar-refractivity contribution in [1.29, 1.82) is 0 Å². The Kier molecular flexibility index (Phi) is 3.73. The molecule has 104 valence electrons. The predicted octanol–water partition coefficient (Wildman–Crippen LogP) is 3.97. The summed E-state index contributed by atoms with van der Waals surface area (Å²) in [6, 6.07) is 14.1. The number of hydrogen-bond donors (Lipinski definition) is 0. The standard InChI is InChI=1S/C15H9Cl2N3O/c16-12-5-1-10(2-6-12)14-9-18-20(19-14)13-7-3-11(4-8-13)15(17)21/h1-9H. The summed E-state index contributed by atoms with van der Waals surface area (Å²) in [5, 5.41) is 8.80. The molecule has 6 heteroatoms. The Morgan fingerprint density at radius 1 is 1.00 bits per heavy atom. The van der Waals surface area contributed by atoms with E-state index in [2.05, 4.69) is 10.2 Å². The first-order valence-corrected chi connectivity index (χ1v) is 6.87. The molecule has 0 saturated carbocycles. The van der Waals surface area contributed by atoms with E-state index < -0.39 is 5.24 Å². The number of rotatable bonds is 3. The van der Waals surface area contributed by atoms with Gasteiger partial charge >= 0.3 is 0 Å². The van der Waals surface area contributed by atoms with Gasteiger partial charge in [-0.15, -0.1) is 5.10 Å². The van der Waals surface area contributed by atoms with Crippen LogP contribution >= 0.6 is 23.2 Å². The van der Waals surface area contributed by atoms with Gasteiger partial charge in [0, 0.05) is 16.1 Å². The van der Waals surface area contributed by atoms with Crippen LogP contribution in [0.1, 0.15) is 10.4 Å². The lowest BCUT2D eigenvalue weighted by molar-refractivity contribution is 0.108. The number of hydrogen-bond acceptors (Lipinski definition) is 3. The first kappa shape index (κ1) is 13.8. The summed E-state index contributed by atoms with van der Waals surface area (Å²) in [6.07, 6.45) is 1.67. The Balaban J connectivity index is 1.90. The zero-order valence-corrected chi connectivity index (χ0v) is 12.2. The lowest BCUT2D eigenvalue weighted by atomic mass is 10.2. The monoisotopic (exact) mass is 317 g/mol. The lowest BCUT2D eigenvalue weighted by Gasteiger charge is -2.00. The van der Waals surface area contributed by atoms with Crippen LogP contribution < -0.4 is 0 Å². The van der Waals surface area contributed by atoms with Gasteiger partial charge in [-0.05, 0) is 48.0 Å². The van der Waals surface area contributed by atoms with E-state index in [1.54, 1.807) is 42.6 Å². The fourth-order valence-electron chi connectivity index (χ4n) is 1.87. The van der Waals surface area contributed by atoms with Crippen molar-refractivity contribution in [3.8, 4) is 16.9 Å². The molecule has 3 rings (SSSR count). The Bertz CT molecular complexity index is 779. The van der Waals surface area contributed by atoms with E-state index in [-0.39, 0.29) is 0 Å². The largest absolute Gasteiger partial charge is 0.276 e. The van der Waals surface area contributed by atoms with Gasteiger partial charge in [-0.2, -0.15) is 9.90 Å². The van der Waals surface area contributed by atoms with E-state index in [1.807, 2.05) is 12.1 Å². The Morgan fingerprint density at radius 3 is 2.29 bits per heavy atom. The van der Waals surface area contributed by atoms with E-state index in [4.69, 9.17) is 23.2 Å². The quantitative estimate of drug-likeness (QED) is 0.687. The van der Waals surface area contributed by atoms with Crippen LogP contribution in [0.4, 0.5) is 0 Å². The fraction of sp³-hybridized carbons (Fsp3) is 0. The maximum Gasteiger partial charge on any atom is 0.252 e. The highest BCUT2D eigenvalue weighted by atomic mass is 35.5. The molecule has 21 heavy (non-hydrogen) atoms. The molecule has 0 spiro atoms. The van der Waals surface area contributed by atoms with Crippen molar-refractivity contribution in [2.75, 3.05) is 0 Å². The summed E-state index contributed by atoms with van der Waals surface area (Å²) in [7, 11) is 0. The van der Waals surface area contributed by atoms with Crippen molar-refractivity contribution in [3.63, 3.8) is 0 Å². The van der Waals surface area contributed by atoms with Crippen LogP contribution in [0.3, 0.4) is 0 Å². The molecule has 0 fully saturated rings. The van der Waals surface area contributed by atoms with Crippen LogP contribution in [0.15, 0.2) is 54.7 Å². The van der Waals surface area contributed by atoms with Crippen LogP contribution in [0.5, 0.6) is 0 Å². The highest BCUT2D eigenvalue weighted by molar-refractivity contribution is 6.67. The van der Waals surface area contributed by atoms with Gasteiger partial charge in [-0.1, -0.05) is 23.7 Å². The molecule has 0 atom stereocenters. The van der Waals surface area contributed by atoms with Crippen LogP contribution in [0.2, 0.25) is 5.02 Å². The van der Waals surface area contributed by atoms with Gasteiger partial charge in [-0.25, -0.2) is 0 Å². The molecule has 3 aromatic rings. The molecule has 0 radical (unpaired) electrons. The van der Waals surface area contributed by atoms with Crippen molar-refractivity contribution in [1.82, 2.24) is 15.0 Å². The number of nitrogens with zero attached hydrogens (tertiary/aromatic N) is 3. The summed E-state index contributed by atoms with van der Waals surface area (Å²) in [5.74, 6) is 0. The number of carbonyl (C=O) groups excluding carboxylic acids is 1. The van der Waals surface area contributed by atoms with Crippen LogP contribution in [0.25, 0.3) is 16.9 Å². The van der Waals surface area contributed by atoms with Crippen molar-refractivity contribution in [3.05, 3.63) is 65.3 Å². The number of benzene rings is 2. The van der Waals surface area contributed by atoms with Crippen LogP contribution in [-0.4, -0.2) is 20.2 Å². The predicted molar refractivity (Wildman–Crippen MR) is 82.0 cm³/mol. The highest BCUT2D eigenvalue weighted by Crippen LogP contribution is 2.19. The third-order valence-electron chi connectivity index (χ3n) is 2.96. The van der Waals surface area contributed by atoms with Gasteiger partial charge < -0.3 is 0 Å². The molecule has 2 aromatic carbocycles. The molecule has 1 aromatic heterocycles. The molecular formula is C15H9Cl2N3O. The molecule has 0 bridgehead atoms. The Hall–Kier alpha value is -2.17. The molecule has 0 amide bonds. The normalized spacial score (nSPS) is 10.6.